The van der Waals surface area contributed by atoms with Crippen molar-refractivity contribution in [2.75, 3.05) is 6.16 Å². The van der Waals surface area contributed by atoms with E-state index < -0.39 is 19.0 Å². The Morgan fingerprint density at radius 1 is 0.900 bits per heavy atom. The Labute approximate surface area is 138 Å². The van der Waals surface area contributed by atoms with Gasteiger partial charge in [-0.15, -0.1) is 0 Å². The lowest BCUT2D eigenvalue weighted by molar-refractivity contribution is 0.890. The molecule has 0 N–H and O–H groups in total. The molecule has 1 aromatic rings. The second-order valence-electron chi connectivity index (χ2n) is 4.32. The third kappa shape index (κ3) is 4.30. The van der Waals surface area contributed by atoms with E-state index in [1.807, 2.05) is 30.3 Å². The fraction of sp³-hybridized carbons (Fsp3) is 0.400. The van der Waals surface area contributed by atoms with E-state index >= 15 is 0 Å². The molecular formula is C10H14Cl4N3P3. The van der Waals surface area contributed by atoms with Crippen LogP contribution in [0.1, 0.15) is 19.8 Å². The predicted octanol–water partition coefficient (Wildman–Crippen LogP) is 8.09. The van der Waals surface area contributed by atoms with Crippen molar-refractivity contribution in [1.29, 1.82) is 0 Å². The molecule has 1 aliphatic heterocycles. The smallest absolute Gasteiger partial charge is 0.209 e. The predicted molar refractivity (Wildman–Crippen MR) is 97.3 cm³/mol. The van der Waals surface area contributed by atoms with E-state index in [0.717, 1.165) is 24.3 Å². The Balaban J connectivity index is 2.70. The first kappa shape index (κ1) is 17.4. The summed E-state index contributed by atoms with van der Waals surface area (Å²) in [5, 5.41) is 1.01. The highest BCUT2D eigenvalue weighted by molar-refractivity contribution is 8.21. The lowest BCUT2D eigenvalue weighted by atomic mass is 10.4. The maximum absolute atomic E-state index is 6.24. The Morgan fingerprint density at radius 3 is 2.05 bits per heavy atom. The highest BCUT2D eigenvalue weighted by Gasteiger charge is 2.34. The number of hydrogen-bond donors (Lipinski definition) is 0. The zero-order chi connectivity index (χ0) is 14.9. The van der Waals surface area contributed by atoms with Crippen LogP contribution < -0.4 is 5.30 Å². The minimum atomic E-state index is -2.85. The molecule has 0 radical (unpaired) electrons. The van der Waals surface area contributed by atoms with Crippen molar-refractivity contribution in [1.82, 2.24) is 0 Å². The molecule has 20 heavy (non-hydrogen) atoms. The van der Waals surface area contributed by atoms with Crippen LogP contribution in [0, 0.1) is 0 Å². The lowest BCUT2D eigenvalue weighted by Gasteiger charge is -2.27. The molecule has 0 saturated carbocycles. The summed E-state index contributed by atoms with van der Waals surface area (Å²) in [5.41, 5.74) is 0. The summed E-state index contributed by atoms with van der Waals surface area (Å²) in [4.78, 5) is 0. The fourth-order valence-electron chi connectivity index (χ4n) is 1.91. The quantitative estimate of drug-likeness (QED) is 0.449. The van der Waals surface area contributed by atoms with E-state index in [0.29, 0.717) is 0 Å². The first-order valence-corrected chi connectivity index (χ1v) is 14.9. The van der Waals surface area contributed by atoms with Crippen molar-refractivity contribution in [3.8, 4) is 0 Å². The molecule has 0 aliphatic carbocycles. The molecule has 10 heteroatoms. The monoisotopic (exact) mass is 409 g/mol. The van der Waals surface area contributed by atoms with E-state index in [1.54, 1.807) is 0 Å². The summed E-state index contributed by atoms with van der Waals surface area (Å²) in [6.07, 6.45) is 2.78. The minimum Gasteiger partial charge on any atom is -0.209 e. The average molecular weight is 411 g/mol. The fourth-order valence-corrected chi connectivity index (χ4v) is 19.2. The van der Waals surface area contributed by atoms with Gasteiger partial charge in [0.25, 0.3) is 11.8 Å². The molecule has 0 saturated heterocycles. The SMILES string of the molecule is CCCCP1(c2ccccc2)=NP(Cl)(Cl)=NP(Cl)(Cl)=N1. The molecule has 112 valence electrons. The summed E-state index contributed by atoms with van der Waals surface area (Å²) in [5.74, 6) is -5.70. The van der Waals surface area contributed by atoms with Crippen LogP contribution in [0.5, 0.6) is 0 Å². The molecule has 0 aromatic heterocycles. The number of unbranched alkanes of at least 4 members (excludes halogenated alkanes) is 1. The largest absolute Gasteiger partial charge is 0.255 e. The summed E-state index contributed by atoms with van der Waals surface area (Å²) in [7, 11) is -2.27. The summed E-state index contributed by atoms with van der Waals surface area (Å²) in [6.45, 7) is 2.11. The molecular weight excluding hydrogens is 397 g/mol. The van der Waals surface area contributed by atoms with Gasteiger partial charge in [0, 0.05) is 11.5 Å². The van der Waals surface area contributed by atoms with E-state index in [9.17, 15) is 0 Å². The van der Waals surface area contributed by atoms with Gasteiger partial charge in [-0.05, 0) is 51.4 Å². The first-order chi connectivity index (χ1) is 9.29. The van der Waals surface area contributed by atoms with Crippen molar-refractivity contribution < 1.29 is 0 Å². The van der Waals surface area contributed by atoms with Crippen molar-refractivity contribution in [2.45, 2.75) is 19.8 Å². The summed E-state index contributed by atoms with van der Waals surface area (Å²) < 4.78 is 13.3. The Kier molecular flexibility index (Phi) is 5.81. The van der Waals surface area contributed by atoms with Crippen LogP contribution in [0.15, 0.2) is 43.9 Å². The van der Waals surface area contributed by atoms with Gasteiger partial charge in [0.05, 0.1) is 0 Å². The third-order valence-electron chi connectivity index (χ3n) is 2.72. The molecule has 2 rings (SSSR count). The van der Waals surface area contributed by atoms with Gasteiger partial charge in [0.15, 0.2) is 0 Å². The van der Waals surface area contributed by atoms with Crippen molar-refractivity contribution >= 4 is 69.3 Å². The minimum absolute atomic E-state index is 0.783. The van der Waals surface area contributed by atoms with Crippen LogP contribution in [0.25, 0.3) is 0 Å². The van der Waals surface area contributed by atoms with E-state index in [2.05, 4.69) is 20.5 Å². The summed E-state index contributed by atoms with van der Waals surface area (Å²) in [6, 6.07) is 9.82. The number of nitrogens with zero attached hydrogens (tertiary/aromatic N) is 3. The number of rotatable bonds is 4. The van der Waals surface area contributed by atoms with Crippen LogP contribution >= 0.6 is 64.0 Å². The first-order valence-electron chi connectivity index (χ1n) is 6.03. The Morgan fingerprint density at radius 2 is 1.50 bits per heavy atom. The molecule has 0 spiro atoms. The molecule has 0 bridgehead atoms. The van der Waals surface area contributed by atoms with Gasteiger partial charge in [-0.3, -0.25) is 0 Å². The highest BCUT2D eigenvalue weighted by Crippen LogP contribution is 2.85. The zero-order valence-corrected chi connectivity index (χ0v) is 16.4. The maximum atomic E-state index is 6.24. The van der Waals surface area contributed by atoms with Crippen LogP contribution in [-0.2, 0) is 0 Å². The van der Waals surface area contributed by atoms with Gasteiger partial charge in [0.1, 0.15) is 7.21 Å². The summed E-state index contributed by atoms with van der Waals surface area (Å²) >= 11 is 25.0. The highest BCUT2D eigenvalue weighted by atomic mass is 35.9. The lowest BCUT2D eigenvalue weighted by Crippen LogP contribution is -2.06. The van der Waals surface area contributed by atoms with Gasteiger partial charge in [-0.1, -0.05) is 43.7 Å². The van der Waals surface area contributed by atoms with Gasteiger partial charge < -0.3 is 0 Å². The maximum Gasteiger partial charge on any atom is 0.255 e. The number of hydrogen-bond acceptors (Lipinski definition) is 3. The van der Waals surface area contributed by atoms with Crippen molar-refractivity contribution in [3.63, 3.8) is 0 Å². The normalized spacial score (nSPS) is 27.1. The van der Waals surface area contributed by atoms with Crippen LogP contribution in [0.2, 0.25) is 0 Å². The number of benzene rings is 1. The Bertz CT molecular complexity index is 639. The molecule has 3 nitrogen and oxygen atoms in total. The van der Waals surface area contributed by atoms with E-state index in [4.69, 9.17) is 45.0 Å². The third-order valence-corrected chi connectivity index (χ3v) is 15.5. The van der Waals surface area contributed by atoms with E-state index in [1.165, 1.54) is 0 Å². The molecule has 1 heterocycles. The van der Waals surface area contributed by atoms with Crippen LogP contribution in [0.4, 0.5) is 0 Å². The molecule has 1 aromatic carbocycles. The molecule has 1 aliphatic rings. The molecule has 0 fully saturated rings. The second kappa shape index (κ2) is 6.67. The van der Waals surface area contributed by atoms with Gasteiger partial charge >= 0.3 is 0 Å². The topological polar surface area (TPSA) is 37.1 Å². The molecule has 1 unspecified atom stereocenters. The van der Waals surface area contributed by atoms with Crippen molar-refractivity contribution in [3.05, 3.63) is 30.3 Å². The van der Waals surface area contributed by atoms with Crippen LogP contribution in [-0.4, -0.2) is 6.16 Å². The molecule has 0 amide bonds. The van der Waals surface area contributed by atoms with Crippen LogP contribution in [0.3, 0.4) is 0 Å². The second-order valence-corrected chi connectivity index (χ2v) is 17.4. The van der Waals surface area contributed by atoms with Crippen molar-refractivity contribution in [2.24, 2.45) is 13.5 Å². The van der Waals surface area contributed by atoms with E-state index in [-0.39, 0.29) is 0 Å². The average Bonchev–Trinajstić information content (AvgIpc) is 2.34. The van der Waals surface area contributed by atoms with Gasteiger partial charge in [-0.2, -0.15) is 4.52 Å². The molecule has 1 atom stereocenters. The zero-order valence-electron chi connectivity index (χ0n) is 10.7. The number of halogens is 4. The van der Waals surface area contributed by atoms with Gasteiger partial charge in [0.2, 0.25) is 0 Å². The van der Waals surface area contributed by atoms with Gasteiger partial charge in [-0.25, -0.2) is 9.03 Å². The Hall–Kier alpha value is 1.07. The standard InChI is InChI=1S/C10H14Cl4N3P3/c1-2-3-9-18(10-7-5-4-6-8-10)15-19(11,12)17-20(13,14)16-18/h4-8H,2-3,9H2,1H3.